The Labute approximate surface area is 189 Å². The molecule has 2 aromatic rings. The number of ether oxygens (including phenoxy) is 2. The van der Waals surface area contributed by atoms with E-state index in [0.29, 0.717) is 34.8 Å². The predicted molar refractivity (Wildman–Crippen MR) is 123 cm³/mol. The van der Waals surface area contributed by atoms with Gasteiger partial charge in [-0.25, -0.2) is 0 Å². The summed E-state index contributed by atoms with van der Waals surface area (Å²) in [4.78, 5) is 26.4. The van der Waals surface area contributed by atoms with Crippen LogP contribution < -0.4 is 14.8 Å². The summed E-state index contributed by atoms with van der Waals surface area (Å²) >= 11 is 0. The largest absolute Gasteiger partial charge is 0.491 e. The second-order valence-corrected chi connectivity index (χ2v) is 10.2. The molecule has 0 radical (unpaired) electrons. The number of esters is 1. The molecule has 4 fully saturated rings. The molecule has 0 aliphatic heterocycles. The van der Waals surface area contributed by atoms with Gasteiger partial charge in [0.1, 0.15) is 11.5 Å². The van der Waals surface area contributed by atoms with E-state index >= 15 is 0 Å². The number of para-hydroxylation sites is 1. The summed E-state index contributed by atoms with van der Waals surface area (Å²) in [6.07, 6.45) is 6.72. The van der Waals surface area contributed by atoms with Crippen molar-refractivity contribution in [3.63, 3.8) is 0 Å². The van der Waals surface area contributed by atoms with Gasteiger partial charge < -0.3 is 14.8 Å². The summed E-state index contributed by atoms with van der Waals surface area (Å²) in [5.74, 6) is 2.64. The third-order valence-electron chi connectivity index (χ3n) is 7.29. The number of anilines is 1. The average Bonchev–Trinajstić information content (AvgIpc) is 2.74. The summed E-state index contributed by atoms with van der Waals surface area (Å²) in [7, 11) is 0. The number of amides is 1. The Morgan fingerprint density at radius 1 is 0.906 bits per heavy atom. The molecule has 0 aromatic heterocycles. The summed E-state index contributed by atoms with van der Waals surface area (Å²) in [5, 5.41) is 2.90. The molecular weight excluding hydrogens is 402 g/mol. The van der Waals surface area contributed by atoms with Crippen molar-refractivity contribution in [1.29, 1.82) is 0 Å². The number of rotatable bonds is 6. The first-order valence-corrected chi connectivity index (χ1v) is 11.8. The molecule has 2 aromatic carbocycles. The Hall–Kier alpha value is -2.82. The molecule has 0 spiro atoms. The van der Waals surface area contributed by atoms with Gasteiger partial charge in [-0.1, -0.05) is 12.1 Å². The Bertz CT molecular complexity index is 975. The number of nitrogens with one attached hydrogen (secondary N) is 1. The lowest BCUT2D eigenvalue weighted by Gasteiger charge is -2.55. The molecule has 4 saturated carbocycles. The first-order valence-electron chi connectivity index (χ1n) is 11.8. The van der Waals surface area contributed by atoms with Crippen LogP contribution in [0.5, 0.6) is 11.5 Å². The van der Waals surface area contributed by atoms with Gasteiger partial charge in [0.2, 0.25) is 0 Å². The van der Waals surface area contributed by atoms with Crippen molar-refractivity contribution in [3.8, 4) is 11.5 Å². The predicted octanol–water partition coefficient (Wildman–Crippen LogP) is 5.85. The first-order chi connectivity index (χ1) is 15.4. The fraction of sp³-hybridized carbons (Fsp3) is 0.481. The summed E-state index contributed by atoms with van der Waals surface area (Å²) in [5.41, 5.74) is 0.673. The maximum Gasteiger partial charge on any atom is 0.317 e. The number of benzene rings is 2. The first kappa shape index (κ1) is 21.0. The smallest absolute Gasteiger partial charge is 0.317 e. The van der Waals surface area contributed by atoms with E-state index < -0.39 is 0 Å². The van der Waals surface area contributed by atoms with Crippen LogP contribution in [0, 0.1) is 23.2 Å². The molecule has 4 aliphatic rings. The standard InChI is InChI=1S/C27H31NO4/c1-17(2)31-22-9-7-21(8-10-22)28-25(29)23-5-3-4-6-24(23)32-26(30)27-14-18-11-19(15-27)13-20(12-18)16-27/h3-10,17-20H,11-16H2,1-2H3,(H,28,29). The zero-order chi connectivity index (χ0) is 22.3. The van der Waals surface area contributed by atoms with Crippen LogP contribution in [0.2, 0.25) is 0 Å². The lowest BCUT2D eigenvalue weighted by Crippen LogP contribution is -2.51. The van der Waals surface area contributed by atoms with E-state index in [1.165, 1.54) is 19.3 Å². The molecule has 0 atom stereocenters. The van der Waals surface area contributed by atoms with E-state index in [-0.39, 0.29) is 23.4 Å². The molecule has 0 unspecified atom stereocenters. The molecule has 4 aliphatic carbocycles. The highest BCUT2D eigenvalue weighted by atomic mass is 16.5. The van der Waals surface area contributed by atoms with Gasteiger partial charge in [0.15, 0.2) is 0 Å². The average molecular weight is 434 g/mol. The monoisotopic (exact) mass is 433 g/mol. The van der Waals surface area contributed by atoms with Gasteiger partial charge in [0.05, 0.1) is 17.1 Å². The highest BCUT2D eigenvalue weighted by molar-refractivity contribution is 6.06. The van der Waals surface area contributed by atoms with E-state index in [1.807, 2.05) is 26.0 Å². The van der Waals surface area contributed by atoms with Crippen molar-refractivity contribution in [2.75, 3.05) is 5.32 Å². The van der Waals surface area contributed by atoms with Gasteiger partial charge in [-0.15, -0.1) is 0 Å². The van der Waals surface area contributed by atoms with Crippen LogP contribution in [0.25, 0.3) is 0 Å². The Morgan fingerprint density at radius 2 is 1.50 bits per heavy atom. The Morgan fingerprint density at radius 3 is 2.09 bits per heavy atom. The van der Waals surface area contributed by atoms with Crippen molar-refractivity contribution in [2.45, 2.75) is 58.5 Å². The number of carbonyl (C=O) groups is 2. The zero-order valence-electron chi connectivity index (χ0n) is 18.8. The van der Waals surface area contributed by atoms with Crippen LogP contribution >= 0.6 is 0 Å². The Balaban J connectivity index is 1.30. The molecule has 1 amide bonds. The van der Waals surface area contributed by atoms with Crippen molar-refractivity contribution >= 4 is 17.6 Å². The molecule has 6 rings (SSSR count). The van der Waals surface area contributed by atoms with E-state index in [2.05, 4.69) is 5.32 Å². The normalized spacial score (nSPS) is 27.9. The van der Waals surface area contributed by atoms with E-state index in [1.54, 1.807) is 36.4 Å². The molecule has 32 heavy (non-hydrogen) atoms. The zero-order valence-corrected chi connectivity index (χ0v) is 18.8. The van der Waals surface area contributed by atoms with Crippen LogP contribution in [-0.4, -0.2) is 18.0 Å². The van der Waals surface area contributed by atoms with Crippen LogP contribution in [0.15, 0.2) is 48.5 Å². The van der Waals surface area contributed by atoms with E-state index in [4.69, 9.17) is 9.47 Å². The highest BCUT2D eigenvalue weighted by Crippen LogP contribution is 2.60. The van der Waals surface area contributed by atoms with Gasteiger partial charge in [-0.3, -0.25) is 9.59 Å². The van der Waals surface area contributed by atoms with Gasteiger partial charge in [0.25, 0.3) is 5.91 Å². The molecule has 0 saturated heterocycles. The summed E-state index contributed by atoms with van der Waals surface area (Å²) in [6, 6.07) is 14.3. The third-order valence-corrected chi connectivity index (χ3v) is 7.29. The molecule has 4 bridgehead atoms. The summed E-state index contributed by atoms with van der Waals surface area (Å²) in [6.45, 7) is 3.94. The van der Waals surface area contributed by atoms with Gasteiger partial charge in [0, 0.05) is 5.69 Å². The van der Waals surface area contributed by atoms with Crippen LogP contribution in [0.1, 0.15) is 62.7 Å². The van der Waals surface area contributed by atoms with E-state index in [0.717, 1.165) is 25.0 Å². The molecular formula is C27H31NO4. The van der Waals surface area contributed by atoms with Gasteiger partial charge >= 0.3 is 5.97 Å². The number of hydrogen-bond donors (Lipinski definition) is 1. The second kappa shape index (κ2) is 8.27. The van der Waals surface area contributed by atoms with Crippen molar-refractivity contribution < 1.29 is 19.1 Å². The maximum atomic E-state index is 13.4. The van der Waals surface area contributed by atoms with Gasteiger partial charge in [-0.05, 0) is 107 Å². The fourth-order valence-electron chi connectivity index (χ4n) is 6.40. The van der Waals surface area contributed by atoms with Crippen LogP contribution in [0.4, 0.5) is 5.69 Å². The molecule has 1 N–H and O–H groups in total. The van der Waals surface area contributed by atoms with Crippen LogP contribution in [0.3, 0.4) is 0 Å². The molecule has 5 heteroatoms. The Kier molecular flexibility index (Phi) is 5.44. The molecule has 5 nitrogen and oxygen atoms in total. The molecule has 168 valence electrons. The minimum atomic E-state index is -0.357. The van der Waals surface area contributed by atoms with Crippen molar-refractivity contribution in [3.05, 3.63) is 54.1 Å². The maximum absolute atomic E-state index is 13.4. The molecule has 0 heterocycles. The van der Waals surface area contributed by atoms with Gasteiger partial charge in [-0.2, -0.15) is 0 Å². The number of carbonyl (C=O) groups excluding carboxylic acids is 2. The third kappa shape index (κ3) is 4.13. The van der Waals surface area contributed by atoms with E-state index in [9.17, 15) is 9.59 Å². The van der Waals surface area contributed by atoms with Crippen molar-refractivity contribution in [1.82, 2.24) is 0 Å². The SMILES string of the molecule is CC(C)Oc1ccc(NC(=O)c2ccccc2OC(=O)C23CC4CC(CC(C4)C2)C3)cc1. The topological polar surface area (TPSA) is 64.6 Å². The fourth-order valence-corrected chi connectivity index (χ4v) is 6.40. The van der Waals surface area contributed by atoms with Crippen LogP contribution in [-0.2, 0) is 4.79 Å². The summed E-state index contributed by atoms with van der Waals surface area (Å²) < 4.78 is 11.6. The number of hydrogen-bond acceptors (Lipinski definition) is 4. The minimum absolute atomic E-state index is 0.0889. The second-order valence-electron chi connectivity index (χ2n) is 10.2. The van der Waals surface area contributed by atoms with Crippen molar-refractivity contribution in [2.24, 2.45) is 23.2 Å². The minimum Gasteiger partial charge on any atom is -0.491 e. The lowest BCUT2D eigenvalue weighted by molar-refractivity contribution is -0.161. The highest BCUT2D eigenvalue weighted by Gasteiger charge is 2.55. The quantitative estimate of drug-likeness (QED) is 0.459. The lowest BCUT2D eigenvalue weighted by atomic mass is 9.49.